The van der Waals surface area contributed by atoms with Gasteiger partial charge < -0.3 is 9.64 Å². The number of pyridine rings is 1. The Morgan fingerprint density at radius 1 is 1.06 bits per heavy atom. The van der Waals surface area contributed by atoms with E-state index in [9.17, 15) is 13.2 Å². The quantitative estimate of drug-likeness (QED) is 0.373. The first-order chi connectivity index (χ1) is 16.8. The smallest absolute Gasteiger partial charge is 0.269 e. The molecule has 0 saturated carbocycles. The number of benzene rings is 2. The highest BCUT2D eigenvalue weighted by Gasteiger charge is 2.50. The lowest BCUT2D eigenvalue weighted by Crippen LogP contribution is -2.67. The van der Waals surface area contributed by atoms with Gasteiger partial charge in [0.25, 0.3) is 15.9 Å². The molecule has 178 valence electrons. The van der Waals surface area contributed by atoms with E-state index in [1.54, 1.807) is 48.8 Å². The van der Waals surface area contributed by atoms with Gasteiger partial charge in [0.1, 0.15) is 0 Å². The molecule has 2 aliphatic rings. The third-order valence-corrected chi connectivity index (χ3v) is 8.85. The largest absolute Gasteiger partial charge is 0.380 e. The van der Waals surface area contributed by atoms with Crippen LogP contribution in [0.3, 0.4) is 0 Å². The van der Waals surface area contributed by atoms with Gasteiger partial charge in [-0.15, -0.1) is 0 Å². The lowest BCUT2D eigenvalue weighted by Gasteiger charge is -2.54. The zero-order valence-corrected chi connectivity index (χ0v) is 21.3. The van der Waals surface area contributed by atoms with Crippen molar-refractivity contribution in [2.75, 3.05) is 26.3 Å². The van der Waals surface area contributed by atoms with E-state index in [2.05, 4.69) is 20.9 Å². The Bertz CT molecular complexity index is 1570. The molecular formula is C26H22BrN3O4S. The van der Waals surface area contributed by atoms with E-state index >= 15 is 0 Å². The molecule has 1 spiro atoms. The number of hydrogen-bond acceptors (Lipinski definition) is 5. The molecule has 0 N–H and O–H groups in total. The molecule has 4 heterocycles. The number of aromatic nitrogens is 2. The van der Waals surface area contributed by atoms with Crippen molar-refractivity contribution >= 4 is 42.9 Å². The van der Waals surface area contributed by atoms with Gasteiger partial charge in [0.2, 0.25) is 0 Å². The van der Waals surface area contributed by atoms with Crippen molar-refractivity contribution in [3.05, 3.63) is 82.6 Å². The lowest BCUT2D eigenvalue weighted by atomic mass is 9.78. The summed E-state index contributed by atoms with van der Waals surface area (Å²) < 4.78 is 34.2. The van der Waals surface area contributed by atoms with Gasteiger partial charge >= 0.3 is 0 Å². The number of nitrogens with zero attached hydrogens (tertiary/aromatic N) is 3. The summed E-state index contributed by atoms with van der Waals surface area (Å²) in [6.45, 7) is 4.84. The van der Waals surface area contributed by atoms with Gasteiger partial charge in [0, 0.05) is 46.5 Å². The minimum Gasteiger partial charge on any atom is -0.380 e. The van der Waals surface area contributed by atoms with E-state index in [1.165, 1.54) is 3.97 Å². The normalized spacial score (nSPS) is 16.8. The summed E-state index contributed by atoms with van der Waals surface area (Å²) in [5, 5.41) is 0.698. The first-order valence-electron chi connectivity index (χ1n) is 11.2. The van der Waals surface area contributed by atoms with E-state index in [0.29, 0.717) is 16.6 Å². The average molecular weight is 552 g/mol. The van der Waals surface area contributed by atoms with Crippen LogP contribution in [0, 0.1) is 12.3 Å². The van der Waals surface area contributed by atoms with Gasteiger partial charge in [-0.05, 0) is 58.7 Å². The van der Waals surface area contributed by atoms with Crippen molar-refractivity contribution in [3.63, 3.8) is 0 Å². The van der Waals surface area contributed by atoms with Gasteiger partial charge in [-0.3, -0.25) is 4.79 Å². The number of ether oxygens (including phenoxy) is 1. The van der Waals surface area contributed by atoms with Crippen LogP contribution in [-0.4, -0.2) is 54.5 Å². The fraction of sp³-hybridized carbons (Fsp3) is 0.231. The Morgan fingerprint density at radius 3 is 2.37 bits per heavy atom. The van der Waals surface area contributed by atoms with Crippen LogP contribution in [0.5, 0.6) is 0 Å². The van der Waals surface area contributed by atoms with Gasteiger partial charge in [0.05, 0.1) is 23.5 Å². The van der Waals surface area contributed by atoms with Gasteiger partial charge in [0.15, 0.2) is 5.65 Å². The fourth-order valence-electron chi connectivity index (χ4n) is 4.75. The number of likely N-dealkylation sites (tertiary alicyclic amines) is 1. The molecule has 0 aliphatic carbocycles. The molecule has 2 saturated heterocycles. The molecule has 6 rings (SSSR count). The van der Waals surface area contributed by atoms with Crippen LogP contribution < -0.4 is 0 Å². The van der Waals surface area contributed by atoms with Crippen LogP contribution in [0.1, 0.15) is 15.9 Å². The van der Waals surface area contributed by atoms with E-state index in [1.807, 2.05) is 30.0 Å². The number of hydrogen-bond donors (Lipinski definition) is 0. The Labute approximate surface area is 211 Å². The molecule has 4 aromatic rings. The number of amides is 1. The average Bonchev–Trinajstić information content (AvgIpc) is 3.17. The molecule has 35 heavy (non-hydrogen) atoms. The van der Waals surface area contributed by atoms with Gasteiger partial charge in [-0.25, -0.2) is 17.4 Å². The molecule has 0 radical (unpaired) electrons. The Morgan fingerprint density at radius 2 is 1.74 bits per heavy atom. The number of fused-ring (bicyclic) bond motifs is 1. The second-order valence-electron chi connectivity index (χ2n) is 9.41. The SMILES string of the molecule is Cc1ccc(S(=O)(=O)n2cc(-c3ccc(C(=O)N4CC5(COC5)C4)cc3)c3cc(Br)cnc32)cc1. The first-order valence-corrected chi connectivity index (χ1v) is 13.5. The van der Waals surface area contributed by atoms with Crippen molar-refractivity contribution in [1.29, 1.82) is 0 Å². The van der Waals surface area contributed by atoms with Crippen molar-refractivity contribution < 1.29 is 17.9 Å². The third-order valence-electron chi connectivity index (χ3n) is 6.76. The first kappa shape index (κ1) is 22.5. The van der Waals surface area contributed by atoms with E-state index in [-0.39, 0.29) is 16.2 Å². The summed E-state index contributed by atoms with van der Waals surface area (Å²) in [5.41, 5.74) is 3.63. The highest BCUT2D eigenvalue weighted by atomic mass is 79.9. The maximum absolute atomic E-state index is 13.5. The van der Waals surface area contributed by atoms with Crippen LogP contribution in [0.25, 0.3) is 22.2 Å². The van der Waals surface area contributed by atoms with Crippen LogP contribution in [0.15, 0.2) is 76.4 Å². The summed E-state index contributed by atoms with van der Waals surface area (Å²) in [7, 11) is -3.85. The van der Waals surface area contributed by atoms with Crippen LogP contribution in [0.4, 0.5) is 0 Å². The Hall–Kier alpha value is -3.01. The molecule has 9 heteroatoms. The zero-order valence-electron chi connectivity index (χ0n) is 18.9. The van der Waals surface area contributed by atoms with Crippen molar-refractivity contribution in [3.8, 4) is 11.1 Å². The van der Waals surface area contributed by atoms with Crippen LogP contribution >= 0.6 is 15.9 Å². The predicted octanol–water partition coefficient (Wildman–Crippen LogP) is 4.48. The maximum atomic E-state index is 13.5. The monoisotopic (exact) mass is 551 g/mol. The minimum atomic E-state index is -3.85. The molecule has 1 amide bonds. The number of halogens is 1. The van der Waals surface area contributed by atoms with Crippen LogP contribution in [-0.2, 0) is 14.8 Å². The molecule has 2 aromatic carbocycles. The summed E-state index contributed by atoms with van der Waals surface area (Å²) in [6.07, 6.45) is 3.19. The molecule has 0 unspecified atom stereocenters. The molecule has 0 bridgehead atoms. The summed E-state index contributed by atoms with van der Waals surface area (Å²) >= 11 is 3.45. The number of aryl methyl sites for hydroxylation is 1. The Balaban J connectivity index is 1.37. The van der Waals surface area contributed by atoms with Crippen molar-refractivity contribution in [2.24, 2.45) is 5.41 Å². The van der Waals surface area contributed by atoms with E-state index in [0.717, 1.165) is 47.5 Å². The van der Waals surface area contributed by atoms with Crippen molar-refractivity contribution in [1.82, 2.24) is 13.9 Å². The highest BCUT2D eigenvalue weighted by molar-refractivity contribution is 9.10. The highest BCUT2D eigenvalue weighted by Crippen LogP contribution is 2.38. The zero-order chi connectivity index (χ0) is 24.4. The summed E-state index contributed by atoms with van der Waals surface area (Å²) in [5.74, 6) is 0.00265. The van der Waals surface area contributed by atoms with Gasteiger partial charge in [-0.1, -0.05) is 29.8 Å². The molecule has 2 aliphatic heterocycles. The molecule has 2 aromatic heterocycles. The standard InChI is InChI=1S/C26H22BrN3O4S/c1-17-2-8-21(9-3-17)35(32,33)30-12-23(22-10-20(27)11-28-24(22)30)18-4-6-19(7-5-18)25(31)29-13-26(14-29)15-34-16-26/h2-12H,13-16H2,1H3. The van der Waals surface area contributed by atoms with Gasteiger partial charge in [-0.2, -0.15) is 0 Å². The minimum absolute atomic E-state index is 0.00265. The predicted molar refractivity (Wildman–Crippen MR) is 136 cm³/mol. The molecule has 2 fully saturated rings. The molecule has 7 nitrogen and oxygen atoms in total. The lowest BCUT2D eigenvalue weighted by molar-refractivity contribution is -0.176. The summed E-state index contributed by atoms with van der Waals surface area (Å²) in [6, 6.07) is 15.9. The number of carbonyl (C=O) groups is 1. The maximum Gasteiger partial charge on any atom is 0.269 e. The number of rotatable bonds is 4. The van der Waals surface area contributed by atoms with Crippen LogP contribution in [0.2, 0.25) is 0 Å². The third kappa shape index (κ3) is 3.69. The summed E-state index contributed by atoms with van der Waals surface area (Å²) in [4.78, 5) is 19.3. The number of carbonyl (C=O) groups excluding carboxylic acids is 1. The van der Waals surface area contributed by atoms with E-state index < -0.39 is 10.0 Å². The Kier molecular flexibility index (Phi) is 5.14. The second-order valence-corrected chi connectivity index (χ2v) is 12.1. The van der Waals surface area contributed by atoms with Crippen molar-refractivity contribution in [2.45, 2.75) is 11.8 Å². The van der Waals surface area contributed by atoms with E-state index in [4.69, 9.17) is 4.74 Å². The topological polar surface area (TPSA) is 81.5 Å². The molecular weight excluding hydrogens is 530 g/mol. The fourth-order valence-corrected chi connectivity index (χ4v) is 6.40. The molecule has 0 atom stereocenters. The second kappa shape index (κ2) is 8.01.